The molecule has 4 saturated carbocycles. The molecule has 4 bridgehead atoms. The van der Waals surface area contributed by atoms with Crippen LogP contribution in [0.5, 0.6) is 0 Å². The van der Waals surface area contributed by atoms with Crippen molar-refractivity contribution in [2.75, 3.05) is 0 Å². The molecule has 4 nitrogen and oxygen atoms in total. The van der Waals surface area contributed by atoms with Gasteiger partial charge in [0.2, 0.25) is 0 Å². The minimum Gasteiger partial charge on any atom is -0.619 e. The van der Waals surface area contributed by atoms with E-state index in [1.54, 1.807) is 12.1 Å². The predicted octanol–water partition coefficient (Wildman–Crippen LogP) is 2.02. The van der Waals surface area contributed by atoms with Crippen molar-refractivity contribution in [2.45, 2.75) is 44.1 Å². The number of aromatic nitrogens is 1. The Balaban J connectivity index is 1.55. The molecule has 5 rings (SSSR count). The van der Waals surface area contributed by atoms with Gasteiger partial charge < -0.3 is 10.5 Å². The first-order valence-corrected chi connectivity index (χ1v) is 7.63. The van der Waals surface area contributed by atoms with Crippen molar-refractivity contribution in [3.63, 3.8) is 0 Å². The number of amides is 1. The number of carbonyl (C=O) groups is 1. The molecular formula is C16H20N2O2. The third-order valence-electron chi connectivity index (χ3n) is 5.45. The second-order valence-electron chi connectivity index (χ2n) is 7.10. The lowest BCUT2D eigenvalue weighted by molar-refractivity contribution is -0.605. The lowest BCUT2D eigenvalue weighted by Gasteiger charge is -2.56. The monoisotopic (exact) mass is 272 g/mol. The average molecular weight is 272 g/mol. The SMILES string of the molecule is O=C(NC12CC3CC(CC(C3)C1)C2)c1ccc[n+]([O-])c1. The molecule has 1 aromatic rings. The Morgan fingerprint density at radius 3 is 2.35 bits per heavy atom. The summed E-state index contributed by atoms with van der Waals surface area (Å²) in [6.07, 6.45) is 10.2. The highest BCUT2D eigenvalue weighted by Crippen LogP contribution is 2.55. The quantitative estimate of drug-likeness (QED) is 0.661. The summed E-state index contributed by atoms with van der Waals surface area (Å²) in [7, 11) is 0. The summed E-state index contributed by atoms with van der Waals surface area (Å²) in [5.41, 5.74) is 0.480. The smallest absolute Gasteiger partial charge is 0.257 e. The van der Waals surface area contributed by atoms with Crippen LogP contribution >= 0.6 is 0 Å². The molecule has 1 N–H and O–H groups in total. The maximum Gasteiger partial charge on any atom is 0.257 e. The molecule has 0 atom stereocenters. The number of pyridine rings is 1. The van der Waals surface area contributed by atoms with Crippen LogP contribution in [0.2, 0.25) is 0 Å². The summed E-state index contributed by atoms with van der Waals surface area (Å²) in [5, 5.41) is 14.6. The Bertz CT molecular complexity index is 520. The number of nitrogens with zero attached hydrogens (tertiary/aromatic N) is 1. The highest BCUT2D eigenvalue weighted by Gasteiger charge is 2.51. The molecule has 106 valence electrons. The minimum atomic E-state index is -0.0860. The van der Waals surface area contributed by atoms with Crippen LogP contribution in [0.1, 0.15) is 48.9 Å². The molecule has 0 aromatic carbocycles. The Morgan fingerprint density at radius 2 is 1.80 bits per heavy atom. The van der Waals surface area contributed by atoms with Crippen LogP contribution in [0.3, 0.4) is 0 Å². The summed E-state index contributed by atoms with van der Waals surface area (Å²) in [6, 6.07) is 3.34. The van der Waals surface area contributed by atoms with Crippen LogP contribution in [0.4, 0.5) is 0 Å². The fourth-order valence-electron chi connectivity index (χ4n) is 5.17. The van der Waals surface area contributed by atoms with Crippen molar-refractivity contribution >= 4 is 5.91 Å². The van der Waals surface area contributed by atoms with Crippen LogP contribution in [0, 0.1) is 23.0 Å². The van der Waals surface area contributed by atoms with Gasteiger partial charge in [0, 0.05) is 11.6 Å². The van der Waals surface area contributed by atoms with Gasteiger partial charge in [-0.05, 0) is 62.3 Å². The van der Waals surface area contributed by atoms with E-state index in [9.17, 15) is 10.0 Å². The van der Waals surface area contributed by atoms with Gasteiger partial charge in [-0.15, -0.1) is 0 Å². The lowest BCUT2D eigenvalue weighted by atomic mass is 9.53. The van der Waals surface area contributed by atoms with Gasteiger partial charge in [0.05, 0.1) is 0 Å². The number of carbonyl (C=O) groups excluding carboxylic acids is 1. The molecule has 1 amide bonds. The van der Waals surface area contributed by atoms with E-state index in [-0.39, 0.29) is 11.4 Å². The van der Waals surface area contributed by atoms with Gasteiger partial charge in [-0.2, -0.15) is 4.73 Å². The Kier molecular flexibility index (Phi) is 2.56. The molecule has 1 aromatic heterocycles. The average Bonchev–Trinajstić information content (AvgIpc) is 2.36. The molecule has 4 aliphatic carbocycles. The van der Waals surface area contributed by atoms with Crippen molar-refractivity contribution in [3.8, 4) is 0 Å². The van der Waals surface area contributed by atoms with Gasteiger partial charge in [0.1, 0.15) is 5.56 Å². The van der Waals surface area contributed by atoms with E-state index in [2.05, 4.69) is 5.32 Å². The normalized spacial score (nSPS) is 37.9. The van der Waals surface area contributed by atoms with E-state index in [1.165, 1.54) is 31.7 Å². The van der Waals surface area contributed by atoms with Crippen LogP contribution in [-0.2, 0) is 0 Å². The summed E-state index contributed by atoms with van der Waals surface area (Å²) >= 11 is 0. The molecule has 4 heteroatoms. The van der Waals surface area contributed by atoms with Crippen LogP contribution in [0.25, 0.3) is 0 Å². The third-order valence-corrected chi connectivity index (χ3v) is 5.45. The maximum absolute atomic E-state index is 12.4. The van der Waals surface area contributed by atoms with Gasteiger partial charge in [-0.1, -0.05) is 0 Å². The molecule has 0 saturated heterocycles. The first-order valence-electron chi connectivity index (χ1n) is 7.63. The van der Waals surface area contributed by atoms with Gasteiger partial charge in [0.15, 0.2) is 12.4 Å². The molecule has 0 spiro atoms. The zero-order chi connectivity index (χ0) is 13.7. The first kappa shape index (κ1) is 12.2. The Hall–Kier alpha value is -1.58. The zero-order valence-corrected chi connectivity index (χ0v) is 11.5. The largest absolute Gasteiger partial charge is 0.619 e. The maximum atomic E-state index is 12.4. The van der Waals surface area contributed by atoms with Crippen LogP contribution < -0.4 is 10.0 Å². The predicted molar refractivity (Wildman–Crippen MR) is 73.8 cm³/mol. The molecule has 4 aliphatic rings. The molecule has 4 fully saturated rings. The summed E-state index contributed by atoms with van der Waals surface area (Å²) in [5.74, 6) is 2.34. The van der Waals surface area contributed by atoms with Crippen molar-refractivity contribution in [1.29, 1.82) is 0 Å². The fraction of sp³-hybridized carbons (Fsp3) is 0.625. The number of hydrogen-bond acceptors (Lipinski definition) is 2. The second kappa shape index (κ2) is 4.21. The molecular weight excluding hydrogens is 252 g/mol. The van der Waals surface area contributed by atoms with Crippen molar-refractivity contribution in [3.05, 3.63) is 35.3 Å². The van der Waals surface area contributed by atoms with Gasteiger partial charge in [-0.25, -0.2) is 0 Å². The van der Waals surface area contributed by atoms with Crippen LogP contribution in [0.15, 0.2) is 24.5 Å². The zero-order valence-electron chi connectivity index (χ0n) is 11.5. The second-order valence-corrected chi connectivity index (χ2v) is 7.10. The van der Waals surface area contributed by atoms with Crippen LogP contribution in [-0.4, -0.2) is 11.4 Å². The van der Waals surface area contributed by atoms with E-state index < -0.39 is 0 Å². The molecule has 1 heterocycles. The number of rotatable bonds is 2. The standard InChI is InChI=1S/C16H20N2O2/c19-15(14-2-1-3-18(20)10-14)17-16-7-11-4-12(8-16)6-13(5-11)9-16/h1-3,10-13H,4-9H2,(H,17,19). The van der Waals surface area contributed by atoms with E-state index in [0.29, 0.717) is 10.3 Å². The fourth-order valence-corrected chi connectivity index (χ4v) is 5.17. The van der Waals surface area contributed by atoms with Gasteiger partial charge in [0.25, 0.3) is 5.91 Å². The number of nitrogens with one attached hydrogen (secondary N) is 1. The molecule has 20 heavy (non-hydrogen) atoms. The highest BCUT2D eigenvalue weighted by atomic mass is 16.5. The van der Waals surface area contributed by atoms with E-state index in [0.717, 1.165) is 37.0 Å². The minimum absolute atomic E-state index is 0.00931. The summed E-state index contributed by atoms with van der Waals surface area (Å²) < 4.78 is 0.689. The lowest BCUT2D eigenvalue weighted by Crippen LogP contribution is -2.59. The molecule has 0 radical (unpaired) electrons. The van der Waals surface area contributed by atoms with E-state index >= 15 is 0 Å². The van der Waals surface area contributed by atoms with Crippen molar-refractivity contribution in [2.24, 2.45) is 17.8 Å². The summed E-state index contributed by atoms with van der Waals surface area (Å²) in [4.78, 5) is 12.4. The van der Waals surface area contributed by atoms with Gasteiger partial charge in [-0.3, -0.25) is 4.79 Å². The van der Waals surface area contributed by atoms with E-state index in [1.807, 2.05) is 0 Å². The first-order chi connectivity index (χ1) is 9.62. The molecule has 0 unspecified atom stereocenters. The topological polar surface area (TPSA) is 56.0 Å². The Morgan fingerprint density at radius 1 is 1.20 bits per heavy atom. The Labute approximate surface area is 118 Å². The summed E-state index contributed by atoms with van der Waals surface area (Å²) in [6.45, 7) is 0. The van der Waals surface area contributed by atoms with E-state index in [4.69, 9.17) is 0 Å². The van der Waals surface area contributed by atoms with Crippen molar-refractivity contribution in [1.82, 2.24) is 5.32 Å². The van der Waals surface area contributed by atoms with Crippen molar-refractivity contribution < 1.29 is 9.52 Å². The number of hydrogen-bond donors (Lipinski definition) is 1. The third kappa shape index (κ3) is 1.98. The highest BCUT2D eigenvalue weighted by molar-refractivity contribution is 5.94. The molecule has 0 aliphatic heterocycles. The van der Waals surface area contributed by atoms with Gasteiger partial charge >= 0.3 is 0 Å².